The number of ether oxygens (including phenoxy) is 1. The van der Waals surface area contributed by atoms with Gasteiger partial charge >= 0.3 is 0 Å². The van der Waals surface area contributed by atoms with E-state index in [4.69, 9.17) is 4.74 Å². The molecule has 3 heterocycles. The summed E-state index contributed by atoms with van der Waals surface area (Å²) in [6, 6.07) is 9.01. The van der Waals surface area contributed by atoms with E-state index in [0.717, 1.165) is 48.0 Å². The first-order valence-corrected chi connectivity index (χ1v) is 10.3. The van der Waals surface area contributed by atoms with Gasteiger partial charge in [-0.15, -0.1) is 0 Å². The Labute approximate surface area is 179 Å². The number of amides is 1. The molecule has 0 saturated carbocycles. The predicted octanol–water partition coefficient (Wildman–Crippen LogP) is 3.06. The number of fused-ring (bicyclic) bond motifs is 1. The molecule has 2 aromatic heterocycles. The van der Waals surface area contributed by atoms with Gasteiger partial charge in [-0.2, -0.15) is 0 Å². The van der Waals surface area contributed by atoms with Crippen LogP contribution in [0.2, 0.25) is 0 Å². The van der Waals surface area contributed by atoms with Crippen molar-refractivity contribution in [3.63, 3.8) is 0 Å². The summed E-state index contributed by atoms with van der Waals surface area (Å²) in [7, 11) is 1.64. The van der Waals surface area contributed by atoms with Crippen molar-refractivity contribution < 1.29 is 14.5 Å². The number of hydrogen-bond donors (Lipinski definition) is 2. The summed E-state index contributed by atoms with van der Waals surface area (Å²) in [4.78, 5) is 32.5. The zero-order valence-electron chi connectivity index (χ0n) is 17.3. The Balaban J connectivity index is 1.32. The van der Waals surface area contributed by atoms with Gasteiger partial charge in [0.15, 0.2) is 0 Å². The second kappa shape index (κ2) is 9.03. The Hall–Kier alpha value is -3.62. The molecule has 2 N–H and O–H groups in total. The predicted molar refractivity (Wildman–Crippen MR) is 117 cm³/mol. The average molecular weight is 423 g/mol. The molecule has 162 valence electrons. The van der Waals surface area contributed by atoms with E-state index in [-0.39, 0.29) is 17.5 Å². The lowest BCUT2D eigenvalue weighted by Crippen LogP contribution is -2.43. The summed E-state index contributed by atoms with van der Waals surface area (Å²) in [5, 5.41) is 15.0. The smallest absolute Gasteiger partial charge is 0.287 e. The molecule has 1 saturated heterocycles. The monoisotopic (exact) mass is 423 g/mol. The molecule has 1 aromatic carbocycles. The van der Waals surface area contributed by atoms with Gasteiger partial charge < -0.3 is 19.9 Å². The highest BCUT2D eigenvalue weighted by Gasteiger charge is 2.26. The van der Waals surface area contributed by atoms with Crippen LogP contribution in [0.15, 0.2) is 42.7 Å². The average Bonchev–Trinajstić information content (AvgIpc) is 3.21. The molecule has 1 fully saturated rings. The molecule has 4 rings (SSSR count). The molecule has 9 heteroatoms. The highest BCUT2D eigenvalue weighted by molar-refractivity contribution is 5.84. The maximum Gasteiger partial charge on any atom is 0.287 e. The van der Waals surface area contributed by atoms with Crippen LogP contribution in [0, 0.1) is 16.0 Å². The second-order valence-electron chi connectivity index (χ2n) is 7.68. The van der Waals surface area contributed by atoms with Crippen LogP contribution >= 0.6 is 0 Å². The zero-order chi connectivity index (χ0) is 21.8. The molecule has 0 unspecified atom stereocenters. The van der Waals surface area contributed by atoms with E-state index in [2.05, 4.69) is 15.3 Å². The molecule has 9 nitrogen and oxygen atoms in total. The Bertz CT molecular complexity index is 1080. The van der Waals surface area contributed by atoms with Crippen molar-refractivity contribution in [2.24, 2.45) is 5.92 Å². The minimum Gasteiger partial charge on any atom is -0.497 e. The summed E-state index contributed by atoms with van der Waals surface area (Å²) >= 11 is 0. The van der Waals surface area contributed by atoms with E-state index in [0.29, 0.717) is 18.9 Å². The van der Waals surface area contributed by atoms with E-state index in [1.165, 1.54) is 12.3 Å². The molecule has 0 bridgehead atoms. The number of anilines is 1. The Kier molecular flexibility index (Phi) is 6.01. The number of nitro groups is 1. The zero-order valence-corrected chi connectivity index (χ0v) is 17.3. The normalized spacial score (nSPS) is 16.3. The number of H-pyrrole nitrogens is 1. The van der Waals surface area contributed by atoms with E-state index < -0.39 is 4.92 Å². The van der Waals surface area contributed by atoms with Gasteiger partial charge in [0.05, 0.1) is 18.0 Å². The van der Waals surface area contributed by atoms with Crippen molar-refractivity contribution in [2.75, 3.05) is 31.6 Å². The van der Waals surface area contributed by atoms with Crippen LogP contribution in [0.5, 0.6) is 5.75 Å². The number of pyridine rings is 1. The second-order valence-corrected chi connectivity index (χ2v) is 7.68. The van der Waals surface area contributed by atoms with Gasteiger partial charge in [0.25, 0.3) is 5.69 Å². The molecule has 0 aliphatic carbocycles. The number of piperidine rings is 1. The molecule has 0 spiro atoms. The lowest BCUT2D eigenvalue weighted by atomic mass is 9.97. The first-order chi connectivity index (χ1) is 15.0. The number of carbonyl (C=O) groups is 1. The summed E-state index contributed by atoms with van der Waals surface area (Å²) in [5.41, 5.74) is 2.13. The quantitative estimate of drug-likeness (QED) is 0.446. The third-order valence-corrected chi connectivity index (χ3v) is 5.73. The van der Waals surface area contributed by atoms with Crippen LogP contribution in [0.4, 0.5) is 11.5 Å². The number of methoxy groups -OCH3 is 1. The van der Waals surface area contributed by atoms with Crippen LogP contribution in [-0.2, 0) is 11.2 Å². The summed E-state index contributed by atoms with van der Waals surface area (Å²) in [5.74, 6) is 1.38. The lowest BCUT2D eigenvalue weighted by molar-refractivity contribution is -0.385. The molecule has 1 amide bonds. The lowest BCUT2D eigenvalue weighted by Gasteiger charge is -2.32. The molecule has 31 heavy (non-hydrogen) atoms. The maximum atomic E-state index is 12.7. The standard InChI is InChI=1S/C22H25N5O4/c1-31-18-5-6-19-15(12-24-20(19)11-18)8-9-23-22(28)16-3-2-10-26(14-16)21-7-4-17(13-25-21)27(29)30/h4-7,11-13,16,24H,2-3,8-10,14H2,1H3,(H,23,28)/t16-/m0/s1. The Morgan fingerprint density at radius 1 is 1.39 bits per heavy atom. The van der Waals surface area contributed by atoms with Crippen LogP contribution in [0.1, 0.15) is 18.4 Å². The summed E-state index contributed by atoms with van der Waals surface area (Å²) in [6.45, 7) is 1.90. The van der Waals surface area contributed by atoms with Crippen LogP contribution < -0.4 is 15.0 Å². The maximum absolute atomic E-state index is 12.7. The van der Waals surface area contributed by atoms with Crippen LogP contribution in [0.3, 0.4) is 0 Å². The van der Waals surface area contributed by atoms with E-state index in [9.17, 15) is 14.9 Å². The Morgan fingerprint density at radius 2 is 2.26 bits per heavy atom. The van der Waals surface area contributed by atoms with E-state index in [1.54, 1.807) is 13.2 Å². The number of benzene rings is 1. The molecule has 1 atom stereocenters. The number of nitrogens with one attached hydrogen (secondary N) is 2. The SMILES string of the molecule is COc1ccc2c(CCNC(=O)[C@H]3CCCN(c4ccc([N+](=O)[O-])cn4)C3)c[nH]c2c1. The van der Waals surface area contributed by atoms with Crippen molar-refractivity contribution in [3.05, 3.63) is 58.4 Å². The van der Waals surface area contributed by atoms with Crippen molar-refractivity contribution in [2.45, 2.75) is 19.3 Å². The van der Waals surface area contributed by atoms with Crippen molar-refractivity contribution >= 4 is 28.3 Å². The minimum absolute atomic E-state index is 0.0353. The Morgan fingerprint density at radius 3 is 3.00 bits per heavy atom. The number of hydrogen-bond acceptors (Lipinski definition) is 6. The van der Waals surface area contributed by atoms with Gasteiger partial charge in [0.1, 0.15) is 17.8 Å². The minimum atomic E-state index is -0.465. The van der Waals surface area contributed by atoms with Crippen molar-refractivity contribution in [3.8, 4) is 5.75 Å². The van der Waals surface area contributed by atoms with Gasteiger partial charge in [-0.05, 0) is 43.0 Å². The highest BCUT2D eigenvalue weighted by atomic mass is 16.6. The summed E-state index contributed by atoms with van der Waals surface area (Å²) in [6.07, 6.45) is 5.66. The number of rotatable bonds is 7. The molecular weight excluding hydrogens is 398 g/mol. The third-order valence-electron chi connectivity index (χ3n) is 5.73. The molecule has 3 aromatic rings. The number of nitrogens with zero attached hydrogens (tertiary/aromatic N) is 3. The van der Waals surface area contributed by atoms with E-state index >= 15 is 0 Å². The largest absolute Gasteiger partial charge is 0.497 e. The first kappa shape index (κ1) is 20.6. The summed E-state index contributed by atoms with van der Waals surface area (Å²) < 4.78 is 5.25. The van der Waals surface area contributed by atoms with Crippen LogP contribution in [0.25, 0.3) is 10.9 Å². The fourth-order valence-corrected chi connectivity index (χ4v) is 4.04. The fourth-order valence-electron chi connectivity index (χ4n) is 4.04. The van der Waals surface area contributed by atoms with Crippen molar-refractivity contribution in [1.82, 2.24) is 15.3 Å². The van der Waals surface area contributed by atoms with Gasteiger partial charge in [0.2, 0.25) is 5.91 Å². The van der Waals surface area contributed by atoms with E-state index in [1.807, 2.05) is 29.3 Å². The topological polar surface area (TPSA) is 113 Å². The molecule has 1 aliphatic rings. The first-order valence-electron chi connectivity index (χ1n) is 10.3. The molecule has 0 radical (unpaired) electrons. The number of aromatic amines is 1. The van der Waals surface area contributed by atoms with Crippen LogP contribution in [-0.4, -0.2) is 47.5 Å². The van der Waals surface area contributed by atoms with Gasteiger partial charge in [0, 0.05) is 48.9 Å². The van der Waals surface area contributed by atoms with Gasteiger partial charge in [-0.25, -0.2) is 4.98 Å². The number of aromatic nitrogens is 2. The fraction of sp³-hybridized carbons (Fsp3) is 0.364. The van der Waals surface area contributed by atoms with Gasteiger partial charge in [-0.1, -0.05) is 0 Å². The molecule has 1 aliphatic heterocycles. The van der Waals surface area contributed by atoms with Crippen molar-refractivity contribution in [1.29, 1.82) is 0 Å². The third kappa shape index (κ3) is 4.60. The highest BCUT2D eigenvalue weighted by Crippen LogP contribution is 2.25. The molecular formula is C22H25N5O4. The van der Waals surface area contributed by atoms with Gasteiger partial charge in [-0.3, -0.25) is 14.9 Å². The number of carbonyl (C=O) groups excluding carboxylic acids is 1.